The summed E-state index contributed by atoms with van der Waals surface area (Å²) in [5.74, 6) is 0. The fourth-order valence-corrected chi connectivity index (χ4v) is 1.49. The summed E-state index contributed by atoms with van der Waals surface area (Å²) in [5.41, 5.74) is 2.97. The fraction of sp³-hybridized carbons (Fsp3) is 0.182. The zero-order valence-electron chi connectivity index (χ0n) is 7.37. The lowest BCUT2D eigenvalue weighted by Crippen LogP contribution is -1.87. The summed E-state index contributed by atoms with van der Waals surface area (Å²) in [6.07, 6.45) is 2.07. The van der Waals surface area contributed by atoms with Gasteiger partial charge in [0.15, 0.2) is 0 Å². The Morgan fingerprint density at radius 1 is 1.38 bits per heavy atom. The Balaban J connectivity index is 2.74. The van der Waals surface area contributed by atoms with Gasteiger partial charge in [-0.05, 0) is 18.6 Å². The van der Waals surface area contributed by atoms with E-state index in [0.717, 1.165) is 22.1 Å². The van der Waals surface area contributed by atoms with E-state index in [-0.39, 0.29) is 0 Å². The van der Waals surface area contributed by atoms with Crippen LogP contribution < -0.4 is 0 Å². The van der Waals surface area contributed by atoms with Crippen LogP contribution in [0, 0.1) is 18.3 Å². The van der Waals surface area contributed by atoms with Crippen molar-refractivity contribution >= 4 is 11.0 Å². The van der Waals surface area contributed by atoms with Crippen molar-refractivity contribution in [2.45, 2.75) is 13.3 Å². The van der Waals surface area contributed by atoms with Crippen LogP contribution in [0.15, 0.2) is 28.9 Å². The smallest absolute Gasteiger partial charge is 0.138 e. The molecule has 0 radical (unpaired) electrons. The lowest BCUT2D eigenvalue weighted by molar-refractivity contribution is 0.612. The van der Waals surface area contributed by atoms with Gasteiger partial charge < -0.3 is 4.42 Å². The number of furan rings is 1. The average Bonchev–Trinajstić information content (AvgIpc) is 2.58. The second-order valence-corrected chi connectivity index (χ2v) is 3.03. The van der Waals surface area contributed by atoms with Crippen molar-refractivity contribution in [1.29, 1.82) is 5.26 Å². The molecule has 2 nitrogen and oxygen atoms in total. The van der Waals surface area contributed by atoms with Crippen LogP contribution in [-0.2, 0) is 6.42 Å². The van der Waals surface area contributed by atoms with E-state index >= 15 is 0 Å². The number of hydrogen-bond acceptors (Lipinski definition) is 2. The Hall–Kier alpha value is -1.75. The number of hydrogen-bond donors (Lipinski definition) is 0. The van der Waals surface area contributed by atoms with Gasteiger partial charge in [0.05, 0.1) is 18.8 Å². The molecule has 0 atom stereocenters. The third-order valence-electron chi connectivity index (χ3n) is 2.21. The second kappa shape index (κ2) is 2.95. The van der Waals surface area contributed by atoms with Crippen LogP contribution in [0.25, 0.3) is 11.0 Å². The molecular weight excluding hydrogens is 162 g/mol. The molecule has 2 heteroatoms. The SMILES string of the molecule is Cc1ccc2ccoc2c1CC#N. The summed E-state index contributed by atoms with van der Waals surface area (Å²) in [6, 6.07) is 8.09. The number of nitrogens with zero attached hydrogens (tertiary/aromatic N) is 1. The Kier molecular flexibility index (Phi) is 1.79. The summed E-state index contributed by atoms with van der Waals surface area (Å²) >= 11 is 0. The van der Waals surface area contributed by atoms with Crippen LogP contribution in [0.1, 0.15) is 11.1 Å². The molecule has 0 saturated carbocycles. The van der Waals surface area contributed by atoms with E-state index in [2.05, 4.69) is 6.07 Å². The molecule has 1 heterocycles. The average molecular weight is 171 g/mol. The van der Waals surface area contributed by atoms with Crippen molar-refractivity contribution in [1.82, 2.24) is 0 Å². The highest BCUT2D eigenvalue weighted by Gasteiger charge is 2.06. The van der Waals surface area contributed by atoms with Crippen LogP contribution in [-0.4, -0.2) is 0 Å². The van der Waals surface area contributed by atoms with Crippen molar-refractivity contribution in [3.05, 3.63) is 35.6 Å². The van der Waals surface area contributed by atoms with Crippen molar-refractivity contribution in [2.24, 2.45) is 0 Å². The van der Waals surface area contributed by atoms with Gasteiger partial charge >= 0.3 is 0 Å². The number of nitriles is 1. The Labute approximate surface area is 76.4 Å². The van der Waals surface area contributed by atoms with E-state index in [1.54, 1.807) is 6.26 Å². The van der Waals surface area contributed by atoms with Gasteiger partial charge in [0, 0.05) is 10.9 Å². The zero-order chi connectivity index (χ0) is 9.26. The highest BCUT2D eigenvalue weighted by atomic mass is 16.3. The molecule has 0 fully saturated rings. The first kappa shape index (κ1) is 7.88. The van der Waals surface area contributed by atoms with Gasteiger partial charge in [-0.15, -0.1) is 0 Å². The molecular formula is C11H9NO. The third kappa shape index (κ3) is 1.19. The molecule has 1 aromatic carbocycles. The molecule has 2 rings (SSSR count). The highest BCUT2D eigenvalue weighted by Crippen LogP contribution is 2.23. The van der Waals surface area contributed by atoms with Crippen molar-refractivity contribution in [3.8, 4) is 6.07 Å². The molecule has 0 aliphatic rings. The molecule has 0 spiro atoms. The van der Waals surface area contributed by atoms with E-state index in [1.165, 1.54) is 0 Å². The topological polar surface area (TPSA) is 36.9 Å². The van der Waals surface area contributed by atoms with Gasteiger partial charge in [0.1, 0.15) is 5.58 Å². The minimum atomic E-state index is 0.413. The first-order chi connectivity index (χ1) is 6.33. The van der Waals surface area contributed by atoms with Crippen molar-refractivity contribution in [3.63, 3.8) is 0 Å². The van der Waals surface area contributed by atoms with E-state index in [4.69, 9.17) is 9.68 Å². The van der Waals surface area contributed by atoms with Gasteiger partial charge in [-0.2, -0.15) is 5.26 Å². The van der Waals surface area contributed by atoms with Gasteiger partial charge in [0.2, 0.25) is 0 Å². The highest BCUT2D eigenvalue weighted by molar-refractivity contribution is 5.81. The molecule has 0 unspecified atom stereocenters. The van der Waals surface area contributed by atoms with Gasteiger partial charge in [-0.25, -0.2) is 0 Å². The maximum Gasteiger partial charge on any atom is 0.138 e. The quantitative estimate of drug-likeness (QED) is 0.661. The Morgan fingerprint density at radius 2 is 2.23 bits per heavy atom. The first-order valence-corrected chi connectivity index (χ1v) is 4.15. The van der Waals surface area contributed by atoms with E-state index in [9.17, 15) is 0 Å². The summed E-state index contributed by atoms with van der Waals surface area (Å²) in [7, 11) is 0. The lowest BCUT2D eigenvalue weighted by Gasteiger charge is -2.00. The molecule has 0 bridgehead atoms. The Morgan fingerprint density at radius 3 is 3.00 bits per heavy atom. The maximum absolute atomic E-state index is 8.65. The third-order valence-corrected chi connectivity index (χ3v) is 2.21. The predicted molar refractivity (Wildman–Crippen MR) is 50.3 cm³/mol. The monoisotopic (exact) mass is 171 g/mol. The van der Waals surface area contributed by atoms with Crippen LogP contribution in [0.2, 0.25) is 0 Å². The normalized spacial score (nSPS) is 10.2. The molecule has 2 aromatic rings. The van der Waals surface area contributed by atoms with Gasteiger partial charge in [-0.3, -0.25) is 0 Å². The zero-order valence-corrected chi connectivity index (χ0v) is 7.37. The molecule has 13 heavy (non-hydrogen) atoms. The minimum absolute atomic E-state index is 0.413. The number of rotatable bonds is 1. The lowest BCUT2D eigenvalue weighted by atomic mass is 10.0. The molecule has 0 aliphatic heterocycles. The van der Waals surface area contributed by atoms with Crippen LogP contribution in [0.3, 0.4) is 0 Å². The minimum Gasteiger partial charge on any atom is -0.464 e. The van der Waals surface area contributed by atoms with E-state index in [1.807, 2.05) is 25.1 Å². The number of aryl methyl sites for hydroxylation is 1. The van der Waals surface area contributed by atoms with Crippen LogP contribution >= 0.6 is 0 Å². The van der Waals surface area contributed by atoms with E-state index in [0.29, 0.717) is 6.42 Å². The Bertz CT molecular complexity index is 476. The van der Waals surface area contributed by atoms with E-state index < -0.39 is 0 Å². The predicted octanol–water partition coefficient (Wildman–Crippen LogP) is 2.81. The largest absolute Gasteiger partial charge is 0.464 e. The van der Waals surface area contributed by atoms with Gasteiger partial charge in [-0.1, -0.05) is 12.1 Å². The second-order valence-electron chi connectivity index (χ2n) is 3.03. The molecule has 0 amide bonds. The van der Waals surface area contributed by atoms with Crippen LogP contribution in [0.4, 0.5) is 0 Å². The molecule has 64 valence electrons. The molecule has 1 aromatic heterocycles. The first-order valence-electron chi connectivity index (χ1n) is 4.15. The standard InChI is InChI=1S/C11H9NO/c1-8-2-3-9-5-7-13-11(9)10(8)4-6-12/h2-3,5,7H,4H2,1H3. The molecule has 0 saturated heterocycles. The summed E-state index contributed by atoms with van der Waals surface area (Å²) in [6.45, 7) is 1.99. The van der Waals surface area contributed by atoms with Crippen LogP contribution in [0.5, 0.6) is 0 Å². The molecule has 0 aliphatic carbocycles. The number of benzene rings is 1. The van der Waals surface area contributed by atoms with Crippen molar-refractivity contribution < 1.29 is 4.42 Å². The van der Waals surface area contributed by atoms with Crippen molar-refractivity contribution in [2.75, 3.05) is 0 Å². The summed E-state index contributed by atoms with van der Waals surface area (Å²) in [4.78, 5) is 0. The van der Waals surface area contributed by atoms with Gasteiger partial charge in [0.25, 0.3) is 0 Å². The fourth-order valence-electron chi connectivity index (χ4n) is 1.49. The summed E-state index contributed by atoms with van der Waals surface area (Å²) < 4.78 is 5.33. The molecule has 0 N–H and O–H groups in total. The maximum atomic E-state index is 8.65. The summed E-state index contributed by atoms with van der Waals surface area (Å²) in [5, 5.41) is 9.72. The number of fused-ring (bicyclic) bond motifs is 1.